The van der Waals surface area contributed by atoms with Crippen LogP contribution in [0.15, 0.2) is 30.9 Å². The lowest BCUT2D eigenvalue weighted by molar-refractivity contribution is 0.0699. The molecule has 30 heavy (non-hydrogen) atoms. The van der Waals surface area contributed by atoms with Gasteiger partial charge in [0.25, 0.3) is 0 Å². The number of hydrogen-bond acceptors (Lipinski definition) is 6. The molecule has 0 spiro atoms. The second-order valence-corrected chi connectivity index (χ2v) is 11.2. The average molecular weight is 424 g/mol. The van der Waals surface area contributed by atoms with Crippen molar-refractivity contribution in [2.45, 2.75) is 37.5 Å². The first-order valence-corrected chi connectivity index (χ1v) is 10.9. The Labute approximate surface area is 174 Å². The Morgan fingerprint density at radius 1 is 1.27 bits per heavy atom. The van der Waals surface area contributed by atoms with Crippen LogP contribution in [0.5, 0.6) is 0 Å². The average Bonchev–Trinajstić information content (AvgIpc) is 3.31. The maximum Gasteiger partial charge on any atom is 0.219 e. The summed E-state index contributed by atoms with van der Waals surface area (Å²) < 4.78 is 27.7. The predicted octanol–water partition coefficient (Wildman–Crippen LogP) is 2.35. The topological polar surface area (TPSA) is 131 Å². The molecule has 10 heteroatoms. The SMILES string of the molecule is CC(C)(C)S(=O)(=O)N1CC(CC#N)(n2cc(-c3c(C#N)cnc4[nH]ccc34)cn2)C1. The number of fused-ring (bicyclic) bond motifs is 1. The maximum atomic E-state index is 12.8. The van der Waals surface area contributed by atoms with E-state index in [2.05, 4.69) is 27.2 Å². The van der Waals surface area contributed by atoms with Crippen molar-refractivity contribution in [2.24, 2.45) is 0 Å². The first-order valence-electron chi connectivity index (χ1n) is 9.41. The molecule has 4 rings (SSSR count). The number of pyridine rings is 1. The van der Waals surface area contributed by atoms with Crippen molar-refractivity contribution >= 4 is 21.1 Å². The number of rotatable bonds is 4. The highest BCUT2D eigenvalue weighted by molar-refractivity contribution is 7.90. The molecular formula is C20H21N7O2S. The molecule has 0 atom stereocenters. The van der Waals surface area contributed by atoms with Gasteiger partial charge >= 0.3 is 0 Å². The molecule has 4 heterocycles. The number of nitrogens with one attached hydrogen (secondary N) is 1. The molecule has 0 bridgehead atoms. The Bertz CT molecular complexity index is 1310. The van der Waals surface area contributed by atoms with Gasteiger partial charge in [0.1, 0.15) is 17.3 Å². The van der Waals surface area contributed by atoms with Crippen LogP contribution in [0.3, 0.4) is 0 Å². The largest absolute Gasteiger partial charge is 0.346 e. The summed E-state index contributed by atoms with van der Waals surface area (Å²) in [6.07, 6.45) is 6.82. The summed E-state index contributed by atoms with van der Waals surface area (Å²) in [6.45, 7) is 5.35. The third-order valence-corrected chi connectivity index (χ3v) is 8.01. The summed E-state index contributed by atoms with van der Waals surface area (Å²) in [5.41, 5.74) is 1.77. The fourth-order valence-corrected chi connectivity index (χ4v) is 5.36. The van der Waals surface area contributed by atoms with Gasteiger partial charge in [-0.1, -0.05) is 0 Å². The van der Waals surface area contributed by atoms with Crippen molar-refractivity contribution in [3.8, 4) is 23.3 Å². The molecule has 1 aliphatic heterocycles. The van der Waals surface area contributed by atoms with Crippen LogP contribution in [0.4, 0.5) is 0 Å². The van der Waals surface area contributed by atoms with E-state index in [9.17, 15) is 18.9 Å². The van der Waals surface area contributed by atoms with Gasteiger partial charge in [-0.25, -0.2) is 13.4 Å². The van der Waals surface area contributed by atoms with Crippen LogP contribution in [-0.4, -0.2) is 50.3 Å². The van der Waals surface area contributed by atoms with Crippen LogP contribution < -0.4 is 0 Å². The number of nitrogens with zero attached hydrogens (tertiary/aromatic N) is 6. The molecule has 0 aromatic carbocycles. The summed E-state index contributed by atoms with van der Waals surface area (Å²) in [5.74, 6) is 0. The summed E-state index contributed by atoms with van der Waals surface area (Å²) in [6, 6.07) is 6.18. The quantitative estimate of drug-likeness (QED) is 0.685. The Kier molecular flexibility index (Phi) is 4.46. The molecule has 1 fully saturated rings. The number of aromatic nitrogens is 4. The monoisotopic (exact) mass is 423 g/mol. The van der Waals surface area contributed by atoms with Gasteiger partial charge in [-0.05, 0) is 26.8 Å². The van der Waals surface area contributed by atoms with Gasteiger partial charge in [-0.3, -0.25) is 4.68 Å². The minimum absolute atomic E-state index is 0.130. The van der Waals surface area contributed by atoms with Crippen molar-refractivity contribution in [3.05, 3.63) is 36.4 Å². The fourth-order valence-electron chi connectivity index (χ4n) is 3.77. The van der Waals surface area contributed by atoms with Gasteiger partial charge in [0.05, 0.1) is 29.0 Å². The van der Waals surface area contributed by atoms with Crippen LogP contribution in [0, 0.1) is 22.7 Å². The smallest absolute Gasteiger partial charge is 0.219 e. The van der Waals surface area contributed by atoms with Crippen LogP contribution in [-0.2, 0) is 15.6 Å². The highest BCUT2D eigenvalue weighted by Crippen LogP contribution is 2.39. The molecule has 0 radical (unpaired) electrons. The zero-order chi connectivity index (χ0) is 21.7. The first-order chi connectivity index (χ1) is 14.1. The summed E-state index contributed by atoms with van der Waals surface area (Å²) >= 11 is 0. The molecular weight excluding hydrogens is 402 g/mol. The molecule has 0 unspecified atom stereocenters. The zero-order valence-corrected chi connectivity index (χ0v) is 17.7. The van der Waals surface area contributed by atoms with Gasteiger partial charge < -0.3 is 4.98 Å². The van der Waals surface area contributed by atoms with E-state index in [1.54, 1.807) is 44.0 Å². The Morgan fingerprint density at radius 2 is 2.00 bits per heavy atom. The third kappa shape index (κ3) is 2.88. The molecule has 3 aromatic rings. The highest BCUT2D eigenvalue weighted by Gasteiger charge is 2.52. The standard InChI is InChI=1S/C20H21N7O2S/c1-19(2,3)30(28,29)26-12-20(13-26,5-6-21)27-11-15(10-25-27)17-14(8-22)9-24-18-16(17)4-7-23-18/h4,7,9-11H,5,12-13H2,1-3H3,(H,23,24). The fraction of sp³-hybridized carbons (Fsp3) is 0.400. The van der Waals surface area contributed by atoms with Gasteiger partial charge in [-0.15, -0.1) is 0 Å². The van der Waals surface area contributed by atoms with Crippen molar-refractivity contribution in [2.75, 3.05) is 13.1 Å². The van der Waals surface area contributed by atoms with E-state index in [-0.39, 0.29) is 19.5 Å². The van der Waals surface area contributed by atoms with Crippen molar-refractivity contribution in [3.63, 3.8) is 0 Å². The summed E-state index contributed by atoms with van der Waals surface area (Å²) in [7, 11) is -3.49. The van der Waals surface area contributed by atoms with E-state index in [0.29, 0.717) is 22.3 Å². The van der Waals surface area contributed by atoms with E-state index in [1.165, 1.54) is 10.5 Å². The third-order valence-electron chi connectivity index (χ3n) is 5.53. The van der Waals surface area contributed by atoms with Crippen LogP contribution >= 0.6 is 0 Å². The van der Waals surface area contributed by atoms with Crippen molar-refractivity contribution in [1.29, 1.82) is 10.5 Å². The first kappa shape index (κ1) is 20.1. The lowest BCUT2D eigenvalue weighted by atomic mass is 9.89. The zero-order valence-electron chi connectivity index (χ0n) is 16.9. The van der Waals surface area contributed by atoms with Crippen LogP contribution in [0.2, 0.25) is 0 Å². The van der Waals surface area contributed by atoms with Crippen LogP contribution in [0.1, 0.15) is 32.8 Å². The highest BCUT2D eigenvalue weighted by atomic mass is 32.2. The van der Waals surface area contributed by atoms with Gasteiger partial charge in [0.2, 0.25) is 10.0 Å². The number of hydrogen-bond donors (Lipinski definition) is 1. The Morgan fingerprint density at radius 3 is 2.63 bits per heavy atom. The molecule has 0 aliphatic carbocycles. The van der Waals surface area contributed by atoms with E-state index in [0.717, 1.165) is 5.39 Å². The van der Waals surface area contributed by atoms with Crippen molar-refractivity contribution in [1.82, 2.24) is 24.1 Å². The minimum atomic E-state index is -3.49. The predicted molar refractivity (Wildman–Crippen MR) is 110 cm³/mol. The summed E-state index contributed by atoms with van der Waals surface area (Å²) in [5, 5.41) is 24.2. The Hall–Kier alpha value is -3.21. The molecule has 1 N–H and O–H groups in total. The normalized spacial score (nSPS) is 16.7. The molecule has 3 aromatic heterocycles. The van der Waals surface area contributed by atoms with Gasteiger partial charge in [-0.2, -0.15) is 19.9 Å². The maximum absolute atomic E-state index is 12.8. The second-order valence-electron chi connectivity index (χ2n) is 8.52. The molecule has 1 saturated heterocycles. The molecule has 1 aliphatic rings. The molecule has 0 saturated carbocycles. The van der Waals surface area contributed by atoms with E-state index in [4.69, 9.17) is 0 Å². The van der Waals surface area contributed by atoms with E-state index < -0.39 is 20.3 Å². The Balaban J connectivity index is 1.73. The molecule has 154 valence electrons. The number of H-pyrrole nitrogens is 1. The summed E-state index contributed by atoms with van der Waals surface area (Å²) in [4.78, 5) is 7.28. The number of nitriles is 2. The van der Waals surface area contributed by atoms with Crippen molar-refractivity contribution < 1.29 is 8.42 Å². The number of sulfonamides is 1. The minimum Gasteiger partial charge on any atom is -0.346 e. The lowest BCUT2D eigenvalue weighted by Crippen LogP contribution is -2.66. The van der Waals surface area contributed by atoms with E-state index >= 15 is 0 Å². The van der Waals surface area contributed by atoms with E-state index in [1.807, 2.05) is 6.07 Å². The molecule has 9 nitrogen and oxygen atoms in total. The molecule has 0 amide bonds. The van der Waals surface area contributed by atoms with Gasteiger partial charge in [0, 0.05) is 48.2 Å². The second kappa shape index (κ2) is 6.66. The van der Waals surface area contributed by atoms with Gasteiger partial charge in [0.15, 0.2) is 0 Å². The number of aromatic amines is 1. The lowest BCUT2D eigenvalue weighted by Gasteiger charge is -2.49. The van der Waals surface area contributed by atoms with Crippen LogP contribution in [0.25, 0.3) is 22.2 Å².